The molecule has 2 amide bonds. The van der Waals surface area contributed by atoms with Gasteiger partial charge in [-0.1, -0.05) is 129 Å². The first-order chi connectivity index (χ1) is 32.3. The molecule has 2 unspecified atom stereocenters. The second-order valence-corrected chi connectivity index (χ2v) is 22.3. The van der Waals surface area contributed by atoms with Gasteiger partial charge in [-0.05, 0) is 149 Å². The Morgan fingerprint density at radius 2 is 0.882 bits per heavy atom. The molecule has 2 N–H and O–H groups in total. The molecule has 1 fully saturated rings. The summed E-state index contributed by atoms with van der Waals surface area (Å²) < 4.78 is 0. The summed E-state index contributed by atoms with van der Waals surface area (Å²) in [6, 6.07) is 24.6. The second-order valence-electron chi connectivity index (χ2n) is 22.3. The van der Waals surface area contributed by atoms with Gasteiger partial charge in [-0.25, -0.2) is 0 Å². The van der Waals surface area contributed by atoms with Gasteiger partial charge in [0.15, 0.2) is 0 Å². The second kappa shape index (κ2) is 21.1. The fourth-order valence-electron chi connectivity index (χ4n) is 11.7. The van der Waals surface area contributed by atoms with Gasteiger partial charge < -0.3 is 30.6 Å². The van der Waals surface area contributed by atoms with Gasteiger partial charge in [0.05, 0.1) is 0 Å². The van der Waals surface area contributed by atoms with Crippen LogP contribution in [-0.2, 0) is 23.7 Å². The van der Waals surface area contributed by atoms with Gasteiger partial charge in [-0.15, -0.1) is 12.2 Å². The van der Waals surface area contributed by atoms with E-state index in [1.165, 1.54) is 62.5 Å². The van der Waals surface area contributed by atoms with Crippen LogP contribution in [0.15, 0.2) is 72.8 Å². The molecule has 3 aliphatic rings. The third-order valence-corrected chi connectivity index (χ3v) is 16.5. The molecule has 7 rings (SSSR count). The van der Waals surface area contributed by atoms with Crippen LogP contribution < -0.4 is 30.6 Å². The summed E-state index contributed by atoms with van der Waals surface area (Å²) in [5, 5.41) is 36.8. The van der Waals surface area contributed by atoms with Crippen molar-refractivity contribution in [2.75, 3.05) is 20.4 Å². The molecule has 4 aromatic carbocycles. The number of nitrogens with one attached hydrogen (secondary N) is 2. The third-order valence-electron chi connectivity index (χ3n) is 16.5. The number of fused-ring (bicyclic) bond motifs is 2. The third kappa shape index (κ3) is 10.0. The Bertz CT molecular complexity index is 2210. The lowest BCUT2D eigenvalue weighted by Crippen LogP contribution is -2.64. The zero-order chi connectivity index (χ0) is 49.2. The minimum absolute atomic E-state index is 0.145. The van der Waals surface area contributed by atoms with E-state index in [1.807, 2.05) is 60.7 Å². The van der Waals surface area contributed by atoms with Gasteiger partial charge in [-0.3, -0.25) is 9.59 Å². The average Bonchev–Trinajstić information content (AvgIpc) is 3.62. The predicted octanol–water partition coefficient (Wildman–Crippen LogP) is 12.3. The molecule has 0 spiro atoms. The number of benzene rings is 4. The van der Waals surface area contributed by atoms with Crippen molar-refractivity contribution in [2.45, 2.75) is 219 Å². The summed E-state index contributed by atoms with van der Waals surface area (Å²) in [5.41, 5.74) is 9.36. The van der Waals surface area contributed by atoms with Crippen LogP contribution in [0.1, 0.15) is 213 Å². The monoisotopic (exact) mass is 923 g/mol. The highest BCUT2D eigenvalue weighted by atomic mass is 16.3. The quantitative estimate of drug-likeness (QED) is 0.0854. The molecule has 2 aliphatic heterocycles. The summed E-state index contributed by atoms with van der Waals surface area (Å²) in [4.78, 5) is 33.2. The van der Waals surface area contributed by atoms with Crippen LogP contribution in [0.25, 0.3) is 0 Å². The molecule has 1 saturated carbocycles. The number of carbonyl (C=O) groups excluding carboxylic acids is 2. The van der Waals surface area contributed by atoms with E-state index in [9.17, 15) is 9.59 Å². The molecule has 68 heavy (non-hydrogen) atoms. The SMILES string of the molecule is CCCCCCCc1ccc(C(=O)Nc2cc3c(cc2C2C([O-])C(c4cc5c(cc4NC(=O)c4ccc(CCCCCCC)cc4)N(C(C)C)C(C)C5(C)C)C2[O-])C(C)(C)C(C)N3C(C)C)cc1. The zero-order valence-electron chi connectivity index (χ0n) is 43.6. The molecule has 8 heteroatoms. The highest BCUT2D eigenvalue weighted by molar-refractivity contribution is 6.06. The van der Waals surface area contributed by atoms with Gasteiger partial charge >= 0.3 is 0 Å². The van der Waals surface area contributed by atoms with Crippen LogP contribution in [0.5, 0.6) is 0 Å². The zero-order valence-corrected chi connectivity index (χ0v) is 43.6. The van der Waals surface area contributed by atoms with Gasteiger partial charge in [0, 0.05) is 68.9 Å². The lowest BCUT2D eigenvalue weighted by molar-refractivity contribution is -0.535. The molecule has 368 valence electrons. The highest BCUT2D eigenvalue weighted by Crippen LogP contribution is 2.56. The Hall–Kier alpha value is -4.66. The lowest BCUT2D eigenvalue weighted by Gasteiger charge is -2.62. The van der Waals surface area contributed by atoms with Crippen molar-refractivity contribution in [2.24, 2.45) is 0 Å². The topological polar surface area (TPSA) is 111 Å². The average molecular weight is 923 g/mol. The molecule has 0 aromatic heterocycles. The fraction of sp³-hybridized carbons (Fsp3) is 0.567. The molecule has 8 nitrogen and oxygen atoms in total. The minimum Gasteiger partial charge on any atom is -0.851 e. The standard InChI is InChI=1S/C60H82N4O4/c1-13-15-17-19-21-23-41-25-29-43(30-26-41)57(67)61-49-35-51-47(59(9,10)39(7)63(51)37(3)4)33-45(49)53-55(65)54(56(53)66)46-34-48-52(64(38(5)6)40(8)60(48,11)12)36-50(46)62-58(68)44-31-27-42(28-32-44)24-22-20-18-16-14-2/h25-40,53-56H,13-24H2,1-12H3,(H,61,67)(H,62,68)/q-2. The summed E-state index contributed by atoms with van der Waals surface area (Å²) in [6.07, 6.45) is 11.4. The van der Waals surface area contributed by atoms with Crippen LogP contribution in [0, 0.1) is 0 Å². The maximum atomic E-state index is 15.2. The number of carbonyl (C=O) groups is 2. The van der Waals surface area contributed by atoms with E-state index >= 15 is 10.2 Å². The van der Waals surface area contributed by atoms with E-state index in [1.54, 1.807) is 0 Å². The van der Waals surface area contributed by atoms with Crippen LogP contribution in [0.3, 0.4) is 0 Å². The summed E-state index contributed by atoms with van der Waals surface area (Å²) in [5.74, 6) is -2.37. The maximum absolute atomic E-state index is 15.2. The number of anilines is 4. The molecule has 2 heterocycles. The summed E-state index contributed by atoms with van der Waals surface area (Å²) in [7, 11) is 0. The largest absolute Gasteiger partial charge is 0.851 e. The van der Waals surface area contributed by atoms with Crippen molar-refractivity contribution in [1.29, 1.82) is 0 Å². The number of aryl methyl sites for hydroxylation is 2. The predicted molar refractivity (Wildman–Crippen MR) is 280 cm³/mol. The number of unbranched alkanes of at least 4 members (excludes halogenated alkanes) is 8. The van der Waals surface area contributed by atoms with E-state index in [0.717, 1.165) is 48.2 Å². The smallest absolute Gasteiger partial charge is 0.255 e. The highest BCUT2D eigenvalue weighted by Gasteiger charge is 2.48. The first-order valence-corrected chi connectivity index (χ1v) is 26.4. The van der Waals surface area contributed by atoms with Crippen molar-refractivity contribution < 1.29 is 19.8 Å². The van der Waals surface area contributed by atoms with Gasteiger partial charge in [0.2, 0.25) is 0 Å². The number of amides is 2. The van der Waals surface area contributed by atoms with Crippen LogP contribution in [0.2, 0.25) is 0 Å². The van der Waals surface area contributed by atoms with Crippen molar-refractivity contribution in [3.8, 4) is 0 Å². The number of hydrogen-bond donors (Lipinski definition) is 2. The van der Waals surface area contributed by atoms with Crippen molar-refractivity contribution in [3.63, 3.8) is 0 Å². The van der Waals surface area contributed by atoms with E-state index in [2.05, 4.69) is 116 Å². The Labute approximate surface area is 409 Å². The Morgan fingerprint density at radius 1 is 0.544 bits per heavy atom. The fourth-order valence-corrected chi connectivity index (χ4v) is 11.7. The lowest BCUT2D eigenvalue weighted by atomic mass is 9.61. The molecule has 2 atom stereocenters. The molecular formula is C60H82N4O4-2. The molecule has 4 aromatic rings. The number of nitrogens with zero attached hydrogens (tertiary/aromatic N) is 2. The van der Waals surface area contributed by atoms with E-state index in [0.29, 0.717) is 33.6 Å². The van der Waals surface area contributed by atoms with Crippen molar-refractivity contribution in [3.05, 3.63) is 117 Å². The molecule has 0 bridgehead atoms. The summed E-state index contributed by atoms with van der Waals surface area (Å²) >= 11 is 0. The first-order valence-electron chi connectivity index (χ1n) is 26.4. The van der Waals surface area contributed by atoms with Gasteiger partial charge in [0.25, 0.3) is 11.8 Å². The molecule has 1 aliphatic carbocycles. The molecule has 0 radical (unpaired) electrons. The van der Waals surface area contributed by atoms with Gasteiger partial charge in [0.1, 0.15) is 0 Å². The van der Waals surface area contributed by atoms with Crippen molar-refractivity contribution >= 4 is 34.6 Å². The van der Waals surface area contributed by atoms with Crippen LogP contribution in [0.4, 0.5) is 22.7 Å². The number of rotatable bonds is 20. The summed E-state index contributed by atoms with van der Waals surface area (Å²) in [6.45, 7) is 26.5. The Balaban J connectivity index is 1.23. The molecule has 0 saturated heterocycles. The normalized spacial score (nSPS) is 22.4. The Kier molecular flexibility index (Phi) is 15.9. The first kappa shape index (κ1) is 51.2. The number of hydrogen-bond acceptors (Lipinski definition) is 6. The minimum atomic E-state index is -1.32. The maximum Gasteiger partial charge on any atom is 0.255 e. The van der Waals surface area contributed by atoms with E-state index < -0.39 is 24.0 Å². The van der Waals surface area contributed by atoms with Crippen molar-refractivity contribution in [1.82, 2.24) is 0 Å². The van der Waals surface area contributed by atoms with Gasteiger partial charge in [-0.2, -0.15) is 0 Å². The van der Waals surface area contributed by atoms with Crippen LogP contribution in [-0.4, -0.2) is 48.2 Å². The Morgan fingerprint density at radius 3 is 1.21 bits per heavy atom. The van der Waals surface area contributed by atoms with Crippen LogP contribution >= 0.6 is 0 Å². The van der Waals surface area contributed by atoms with E-state index in [4.69, 9.17) is 0 Å². The van der Waals surface area contributed by atoms with E-state index in [-0.39, 0.29) is 46.8 Å². The molecular weight excluding hydrogens is 841 g/mol.